The number of halogens is 4. The molecule has 0 N–H and O–H groups in total. The monoisotopic (exact) mass is 839 g/mol. The fourth-order valence-corrected chi connectivity index (χ4v) is 8.49. The zero-order valence-corrected chi connectivity index (χ0v) is 33.0. The highest BCUT2D eigenvalue weighted by molar-refractivity contribution is 5.82. The van der Waals surface area contributed by atoms with Gasteiger partial charge in [0.1, 0.15) is 46.7 Å². The first-order valence-corrected chi connectivity index (χ1v) is 20.0. The summed E-state index contributed by atoms with van der Waals surface area (Å²) in [6.45, 7) is -0.0145. The van der Waals surface area contributed by atoms with Crippen LogP contribution in [0.5, 0.6) is 11.5 Å². The van der Waals surface area contributed by atoms with Gasteiger partial charge in [-0.05, 0) is 73.9 Å². The van der Waals surface area contributed by atoms with Gasteiger partial charge < -0.3 is 9.47 Å². The molecule has 8 aromatic rings. The first kappa shape index (κ1) is 38.6. The minimum atomic E-state index is -2.80. The molecule has 0 saturated heterocycles. The lowest BCUT2D eigenvalue weighted by atomic mass is 9.88. The lowest BCUT2D eigenvalue weighted by Crippen LogP contribution is -2.19. The van der Waals surface area contributed by atoms with Crippen molar-refractivity contribution in [3.63, 3.8) is 0 Å². The minimum Gasteiger partial charge on any atom is -0.484 e. The van der Waals surface area contributed by atoms with Crippen molar-refractivity contribution in [2.75, 3.05) is 0 Å². The van der Waals surface area contributed by atoms with Gasteiger partial charge in [0.2, 0.25) is 0 Å². The maximum Gasteiger partial charge on any atom is 0.357 e. The van der Waals surface area contributed by atoms with E-state index in [1.54, 1.807) is 57.2 Å². The van der Waals surface area contributed by atoms with E-state index in [0.29, 0.717) is 83.7 Å². The largest absolute Gasteiger partial charge is 0.484 e. The van der Waals surface area contributed by atoms with Crippen molar-refractivity contribution in [1.29, 1.82) is 5.26 Å². The molecule has 0 bridgehead atoms. The quantitative estimate of drug-likeness (QED) is 0.130. The molecule has 18 heteroatoms. The molecular weight excluding hydrogens is 805 g/mol. The van der Waals surface area contributed by atoms with Gasteiger partial charge in [-0.2, -0.15) is 30.3 Å². The van der Waals surface area contributed by atoms with Crippen LogP contribution in [0.3, 0.4) is 0 Å². The van der Waals surface area contributed by atoms with E-state index in [1.165, 1.54) is 17.1 Å². The van der Waals surface area contributed by atoms with E-state index < -0.39 is 25.1 Å². The zero-order chi connectivity index (χ0) is 42.5. The minimum absolute atomic E-state index is 0.0145. The molecule has 6 heterocycles. The molecule has 2 atom stereocenters. The Kier molecular flexibility index (Phi) is 9.82. The van der Waals surface area contributed by atoms with E-state index in [1.807, 2.05) is 43.6 Å². The molecule has 62 heavy (non-hydrogen) atoms. The molecule has 0 spiro atoms. The van der Waals surface area contributed by atoms with Gasteiger partial charge in [-0.25, -0.2) is 26.9 Å². The molecular formula is C44H35F4N12O2+. The Labute approximate surface area is 350 Å². The maximum atomic E-state index is 14.8. The van der Waals surface area contributed by atoms with Crippen molar-refractivity contribution in [2.24, 2.45) is 7.05 Å². The van der Waals surface area contributed by atoms with Crippen molar-refractivity contribution in [3.8, 4) is 35.0 Å². The van der Waals surface area contributed by atoms with Crippen molar-refractivity contribution < 1.29 is 27.0 Å². The Balaban J connectivity index is 0.860. The first-order chi connectivity index (χ1) is 30.2. The number of fused-ring (bicyclic) bond motifs is 4. The highest BCUT2D eigenvalue weighted by atomic mass is 19.3. The van der Waals surface area contributed by atoms with Gasteiger partial charge in [0.05, 0.1) is 65.2 Å². The van der Waals surface area contributed by atoms with E-state index in [0.717, 1.165) is 22.0 Å². The highest BCUT2D eigenvalue weighted by Gasteiger charge is 2.32. The number of hydrogen-bond donors (Lipinski definition) is 0. The molecule has 2 aliphatic rings. The molecule has 0 amide bonds. The number of benzene rings is 2. The normalized spacial score (nSPS) is 16.0. The van der Waals surface area contributed by atoms with Crippen LogP contribution in [-0.4, -0.2) is 49.1 Å². The third-order valence-corrected chi connectivity index (χ3v) is 11.3. The lowest BCUT2D eigenvalue weighted by Gasteiger charge is -2.27. The average Bonchev–Trinajstić information content (AvgIpc) is 4.10. The van der Waals surface area contributed by atoms with Crippen LogP contribution in [0.25, 0.3) is 38.0 Å². The molecule has 0 radical (unpaired) electrons. The number of alkyl halides is 4. The number of pyridine rings is 2. The van der Waals surface area contributed by atoms with Crippen molar-refractivity contribution in [1.82, 2.24) is 49.1 Å². The summed E-state index contributed by atoms with van der Waals surface area (Å²) in [4.78, 5) is 13.3. The van der Waals surface area contributed by atoms with Gasteiger partial charge in [0.15, 0.2) is 0 Å². The van der Waals surface area contributed by atoms with Gasteiger partial charge in [0.25, 0.3) is 12.9 Å². The van der Waals surface area contributed by atoms with Crippen LogP contribution < -0.4 is 9.47 Å². The fourth-order valence-electron chi connectivity index (χ4n) is 8.49. The molecule has 310 valence electrons. The summed E-state index contributed by atoms with van der Waals surface area (Å²) in [7, 11) is 1.83. The van der Waals surface area contributed by atoms with Gasteiger partial charge in [-0.3, -0.25) is 14.6 Å². The van der Waals surface area contributed by atoms with Crippen LogP contribution in [0.15, 0.2) is 86.0 Å². The van der Waals surface area contributed by atoms with E-state index in [4.69, 9.17) is 9.47 Å². The summed E-state index contributed by atoms with van der Waals surface area (Å²) in [5.41, 5.74) is 4.19. The van der Waals surface area contributed by atoms with Crippen LogP contribution in [-0.2, 0) is 26.6 Å². The molecule has 0 unspecified atom stereocenters. The second-order valence-electron chi connectivity index (χ2n) is 15.2. The summed E-state index contributed by atoms with van der Waals surface area (Å²) in [5.74, 6) is 1.06. The summed E-state index contributed by atoms with van der Waals surface area (Å²) in [6, 6.07) is 15.7. The molecule has 6 aromatic heterocycles. The summed E-state index contributed by atoms with van der Waals surface area (Å²) < 4.78 is 77.1. The van der Waals surface area contributed by atoms with E-state index in [-0.39, 0.29) is 28.9 Å². The van der Waals surface area contributed by atoms with Crippen LogP contribution >= 0.6 is 0 Å². The SMILES string of the molecule is Cn1cc(-n2ncc3ccc(O[C@H]4CCCc5c4ncc(C#[N+]Cn4cc(-n6ncc7ccc(O[C@@H]8CCCc9c8ncc(C#N)c9C(F)F)cc76)cn4)c5C(F)F)cc32)cn1. The third kappa shape index (κ3) is 7.02. The second-order valence-corrected chi connectivity index (χ2v) is 15.2. The standard InChI is InChI=1S/C44H35F4N12O2/c1-57-22-29(20-53-57)59-35-12-31(10-8-25(35)18-55-59)62-38-7-3-5-34-40(44(47)48)28(17-52-42(34)38)15-50-24-58-23-30(21-54-58)60-36-13-32(11-9-26(36)19-56-60)61-37-6-2-4-33-39(43(45)46)27(14-49)16-51-41(33)37/h8-13,16-23,37-38,43-44H,2-7,24H2,1H3/q+1/t37-,38+/m1/s1. The number of aromatic nitrogens is 10. The smallest absolute Gasteiger partial charge is 0.357 e. The average molecular weight is 840 g/mol. The molecule has 0 aliphatic heterocycles. The Morgan fingerprint density at radius 2 is 1.26 bits per heavy atom. The number of hydrogen-bond acceptors (Lipinski definition) is 9. The number of ether oxygens (including phenoxy) is 2. The zero-order valence-electron chi connectivity index (χ0n) is 33.0. The molecule has 2 aliphatic carbocycles. The summed E-state index contributed by atoms with van der Waals surface area (Å²) in [6.07, 6.45) is 9.48. The number of rotatable bonds is 9. The predicted octanol–water partition coefficient (Wildman–Crippen LogP) is 9.08. The van der Waals surface area contributed by atoms with Crippen molar-refractivity contribution >= 4 is 21.8 Å². The Morgan fingerprint density at radius 3 is 1.81 bits per heavy atom. The molecule has 0 saturated carbocycles. The topological polar surface area (TPSA) is 144 Å². The van der Waals surface area contributed by atoms with Gasteiger partial charge in [-0.15, -0.1) is 0 Å². The first-order valence-electron chi connectivity index (χ1n) is 20.0. The number of aryl methyl sites for hydroxylation is 1. The number of nitriles is 1. The number of nitrogens with zero attached hydrogens (tertiary/aromatic N) is 12. The van der Waals surface area contributed by atoms with Crippen LogP contribution in [0.1, 0.15) is 95.5 Å². The summed E-state index contributed by atoms with van der Waals surface area (Å²) >= 11 is 0. The van der Waals surface area contributed by atoms with E-state index in [9.17, 15) is 22.8 Å². The van der Waals surface area contributed by atoms with Crippen molar-refractivity contribution in [3.05, 3.63) is 136 Å². The predicted molar refractivity (Wildman–Crippen MR) is 217 cm³/mol. The van der Waals surface area contributed by atoms with Gasteiger partial charge in [0, 0.05) is 53.5 Å². The third-order valence-electron chi connectivity index (χ3n) is 11.3. The van der Waals surface area contributed by atoms with Crippen molar-refractivity contribution in [2.45, 2.75) is 70.3 Å². The van der Waals surface area contributed by atoms with E-state index in [2.05, 4.69) is 41.3 Å². The molecule has 2 aromatic carbocycles. The lowest BCUT2D eigenvalue weighted by molar-refractivity contribution is 0.144. The van der Waals surface area contributed by atoms with Gasteiger partial charge in [-0.1, -0.05) is 4.85 Å². The Bertz CT molecular complexity index is 3110. The Morgan fingerprint density at radius 1 is 0.710 bits per heavy atom. The van der Waals surface area contributed by atoms with E-state index >= 15 is 0 Å². The fraction of sp³-hybridized carbons (Fsp3) is 0.273. The summed E-state index contributed by atoms with van der Waals surface area (Å²) in [5, 5.41) is 28.8. The Hall–Kier alpha value is -7.60. The van der Waals surface area contributed by atoms with Crippen LogP contribution in [0.4, 0.5) is 17.6 Å². The highest BCUT2D eigenvalue weighted by Crippen LogP contribution is 2.40. The van der Waals surface area contributed by atoms with Crippen LogP contribution in [0.2, 0.25) is 0 Å². The molecule has 0 fully saturated rings. The second kappa shape index (κ2) is 15.8. The van der Waals surface area contributed by atoms with Gasteiger partial charge >= 0.3 is 12.7 Å². The molecule has 10 rings (SSSR count). The van der Waals surface area contributed by atoms with Crippen LogP contribution in [0, 0.1) is 17.4 Å². The maximum absolute atomic E-state index is 14.8. The molecule has 14 nitrogen and oxygen atoms in total.